The van der Waals surface area contributed by atoms with Gasteiger partial charge in [0.05, 0.1) is 11.4 Å². The van der Waals surface area contributed by atoms with Gasteiger partial charge in [0.25, 0.3) is 0 Å². The molecule has 0 radical (unpaired) electrons. The van der Waals surface area contributed by atoms with E-state index in [2.05, 4.69) is 15.6 Å². The number of aryl methyl sites for hydroxylation is 1. The van der Waals surface area contributed by atoms with Gasteiger partial charge in [-0.2, -0.15) is 4.98 Å². The Morgan fingerprint density at radius 1 is 1.18 bits per heavy atom. The van der Waals surface area contributed by atoms with Gasteiger partial charge < -0.3 is 15.7 Å². The van der Waals surface area contributed by atoms with Gasteiger partial charge in [0.1, 0.15) is 5.82 Å². The van der Waals surface area contributed by atoms with E-state index in [4.69, 9.17) is 4.98 Å². The third-order valence-corrected chi connectivity index (χ3v) is 9.42. The van der Waals surface area contributed by atoms with Crippen molar-refractivity contribution in [2.24, 2.45) is 17.8 Å². The van der Waals surface area contributed by atoms with Crippen LogP contribution in [0.2, 0.25) is 0 Å². The highest BCUT2D eigenvalue weighted by Gasteiger charge is 2.54. The minimum absolute atomic E-state index is 0.0606. The second-order valence-corrected chi connectivity index (χ2v) is 12.6. The van der Waals surface area contributed by atoms with Crippen LogP contribution in [-0.2, 0) is 15.8 Å². The lowest BCUT2D eigenvalue weighted by molar-refractivity contribution is -0.129. The smallest absolute Gasteiger partial charge is 0.229 e. The predicted molar refractivity (Wildman–Crippen MR) is 129 cm³/mol. The molecular formula is C24H33N5O3S. The van der Waals surface area contributed by atoms with E-state index in [1.165, 1.54) is 31.2 Å². The molecule has 4 aliphatic rings. The molecule has 8 nitrogen and oxygen atoms in total. The second-order valence-electron chi connectivity index (χ2n) is 10.5. The van der Waals surface area contributed by atoms with Crippen molar-refractivity contribution in [3.63, 3.8) is 0 Å². The fourth-order valence-corrected chi connectivity index (χ4v) is 7.09. The minimum Gasteiger partial charge on any atom is -0.390 e. The van der Waals surface area contributed by atoms with Crippen LogP contribution >= 0.6 is 0 Å². The van der Waals surface area contributed by atoms with Crippen molar-refractivity contribution in [3.05, 3.63) is 41.6 Å². The van der Waals surface area contributed by atoms with Gasteiger partial charge in [0, 0.05) is 37.6 Å². The number of aromatic nitrogens is 2. The van der Waals surface area contributed by atoms with Crippen molar-refractivity contribution in [2.75, 3.05) is 24.7 Å². The van der Waals surface area contributed by atoms with Gasteiger partial charge in [-0.3, -0.25) is 0 Å². The predicted octanol–water partition coefficient (Wildman–Crippen LogP) is 3.27. The highest BCUT2D eigenvalue weighted by Crippen LogP contribution is 2.56. The summed E-state index contributed by atoms with van der Waals surface area (Å²) in [6, 6.07) is 7.66. The van der Waals surface area contributed by atoms with Gasteiger partial charge in [0.15, 0.2) is 0 Å². The molecule has 4 fully saturated rings. The molecule has 9 heteroatoms. The van der Waals surface area contributed by atoms with Crippen molar-refractivity contribution in [3.8, 4) is 0 Å². The average molecular weight is 472 g/mol. The Labute approximate surface area is 195 Å². The molecule has 178 valence electrons. The highest BCUT2D eigenvalue weighted by atomic mass is 32.2. The number of hydrogen-bond acceptors (Lipinski definition) is 7. The van der Waals surface area contributed by atoms with Crippen LogP contribution in [0.15, 0.2) is 30.5 Å². The monoisotopic (exact) mass is 471 g/mol. The van der Waals surface area contributed by atoms with E-state index in [1.807, 2.05) is 31.3 Å². The summed E-state index contributed by atoms with van der Waals surface area (Å²) in [6.07, 6.45) is 6.93. The van der Waals surface area contributed by atoms with Crippen molar-refractivity contribution in [1.29, 1.82) is 0 Å². The molecule has 0 amide bonds. The molecule has 4 aliphatic carbocycles. The fraction of sp³-hybridized carbons (Fsp3) is 0.583. The second kappa shape index (κ2) is 8.21. The largest absolute Gasteiger partial charge is 0.390 e. The first-order chi connectivity index (χ1) is 15.6. The van der Waals surface area contributed by atoms with Crippen LogP contribution < -0.4 is 10.6 Å². The summed E-state index contributed by atoms with van der Waals surface area (Å²) in [5.41, 5.74) is 1.98. The van der Waals surface area contributed by atoms with Crippen molar-refractivity contribution in [2.45, 2.75) is 56.4 Å². The fourth-order valence-electron chi connectivity index (χ4n) is 6.23. The van der Waals surface area contributed by atoms with E-state index < -0.39 is 15.6 Å². The summed E-state index contributed by atoms with van der Waals surface area (Å²) in [6.45, 7) is 2.00. The summed E-state index contributed by atoms with van der Waals surface area (Å²) >= 11 is 0. The molecule has 2 aromatic rings. The Morgan fingerprint density at radius 3 is 2.58 bits per heavy atom. The van der Waals surface area contributed by atoms with Crippen LogP contribution in [-0.4, -0.2) is 53.5 Å². The number of sulfonamides is 1. The third-order valence-electron chi connectivity index (χ3n) is 7.60. The summed E-state index contributed by atoms with van der Waals surface area (Å²) in [7, 11) is -0.261. The number of hydrogen-bond donors (Lipinski definition) is 3. The van der Waals surface area contributed by atoms with Gasteiger partial charge in [-0.05, 0) is 74.5 Å². The molecule has 6 rings (SSSR count). The summed E-state index contributed by atoms with van der Waals surface area (Å²) in [4.78, 5) is 9.18. The number of rotatable bonds is 7. The van der Waals surface area contributed by atoms with Gasteiger partial charge in [-0.25, -0.2) is 17.7 Å². The van der Waals surface area contributed by atoms with E-state index in [9.17, 15) is 13.5 Å². The third kappa shape index (κ3) is 4.58. The number of benzene rings is 1. The van der Waals surface area contributed by atoms with E-state index in [-0.39, 0.29) is 5.75 Å². The Kier molecular flexibility index (Phi) is 5.61. The Balaban J connectivity index is 1.31. The first-order valence-electron chi connectivity index (χ1n) is 11.7. The first-order valence-corrected chi connectivity index (χ1v) is 13.3. The maximum Gasteiger partial charge on any atom is 0.229 e. The molecule has 33 heavy (non-hydrogen) atoms. The lowest BCUT2D eigenvalue weighted by Crippen LogP contribution is -2.59. The molecule has 0 saturated heterocycles. The minimum atomic E-state index is -3.34. The highest BCUT2D eigenvalue weighted by molar-refractivity contribution is 7.88. The maximum absolute atomic E-state index is 12.2. The first kappa shape index (κ1) is 22.6. The number of nitrogens with zero attached hydrogens (tertiary/aromatic N) is 3. The van der Waals surface area contributed by atoms with Crippen LogP contribution in [0.5, 0.6) is 0 Å². The zero-order valence-electron chi connectivity index (χ0n) is 19.5. The molecule has 0 aliphatic heterocycles. The number of nitrogens with one attached hydrogen (secondary N) is 2. The van der Waals surface area contributed by atoms with E-state index >= 15 is 0 Å². The zero-order valence-corrected chi connectivity index (χ0v) is 20.3. The number of anilines is 3. The maximum atomic E-state index is 12.2. The Morgan fingerprint density at radius 2 is 1.91 bits per heavy atom. The molecule has 0 spiro atoms. The van der Waals surface area contributed by atoms with Gasteiger partial charge >= 0.3 is 0 Å². The molecule has 3 N–H and O–H groups in total. The van der Waals surface area contributed by atoms with Crippen LogP contribution in [0.1, 0.15) is 43.2 Å². The molecule has 2 unspecified atom stereocenters. The average Bonchev–Trinajstić information content (AvgIpc) is 2.71. The molecular weight excluding hydrogens is 438 g/mol. The van der Waals surface area contributed by atoms with E-state index in [1.54, 1.807) is 6.07 Å². The van der Waals surface area contributed by atoms with Crippen LogP contribution in [0, 0.1) is 24.7 Å². The normalized spacial score (nSPS) is 30.6. The summed E-state index contributed by atoms with van der Waals surface area (Å²) < 4.78 is 25.7. The molecule has 2 atom stereocenters. The van der Waals surface area contributed by atoms with Crippen molar-refractivity contribution >= 4 is 27.5 Å². The van der Waals surface area contributed by atoms with Crippen LogP contribution in [0.25, 0.3) is 0 Å². The van der Waals surface area contributed by atoms with Gasteiger partial charge in [-0.1, -0.05) is 12.1 Å². The summed E-state index contributed by atoms with van der Waals surface area (Å²) in [5, 5.41) is 17.8. The Hall–Kier alpha value is -2.23. The number of aliphatic hydroxyl groups is 1. The topological polar surface area (TPSA) is 107 Å². The quantitative estimate of drug-likeness (QED) is 0.569. The van der Waals surface area contributed by atoms with E-state index in [0.717, 1.165) is 36.3 Å². The van der Waals surface area contributed by atoms with Crippen LogP contribution in [0.3, 0.4) is 0 Å². The lowest BCUT2D eigenvalue weighted by Gasteiger charge is -2.58. The van der Waals surface area contributed by atoms with Crippen molar-refractivity contribution < 1.29 is 13.5 Å². The summed E-state index contributed by atoms with van der Waals surface area (Å²) in [5.74, 6) is 2.87. The Bertz CT molecular complexity index is 1140. The van der Waals surface area contributed by atoms with Gasteiger partial charge in [-0.15, -0.1) is 0 Å². The molecule has 1 heterocycles. The molecule has 4 saturated carbocycles. The SMILES string of the molecule is Cc1cnc(Nc2cccc(CS(=O)(=O)N(C)C)c2)nc1N[C@H]1C2CC3CC1C[C@@](O)(C3)C2. The van der Waals surface area contributed by atoms with E-state index in [0.29, 0.717) is 35.3 Å². The molecule has 4 bridgehead atoms. The lowest BCUT2D eigenvalue weighted by atomic mass is 9.52. The van der Waals surface area contributed by atoms with Gasteiger partial charge in [0.2, 0.25) is 16.0 Å². The molecule has 1 aromatic heterocycles. The zero-order chi connectivity index (χ0) is 23.4. The van der Waals surface area contributed by atoms with Crippen molar-refractivity contribution in [1.82, 2.24) is 14.3 Å². The van der Waals surface area contributed by atoms with Crippen LogP contribution in [0.4, 0.5) is 17.5 Å². The standard InChI is InChI=1S/C24H33N5O3S/c1-15-13-25-23(26-20-6-4-5-16(9-20)14-33(31,32)29(2)3)28-22(15)27-21-18-7-17-8-19(21)12-24(30,10-17)11-18/h4-6,9,13,17-19,21,30H,7-8,10-12,14H2,1-3H3,(H2,25,26,27,28)/t17?,18?,19?,21-,24+. The molecule has 1 aromatic carbocycles.